The fraction of sp³-hybridized carbons (Fsp3) is 0.679. The zero-order chi connectivity index (χ0) is 23.4. The Kier molecular flexibility index (Phi) is 8.13. The number of hydrogen-bond acceptors (Lipinski definition) is 5. The van der Waals surface area contributed by atoms with Crippen LogP contribution in [0.4, 0.5) is 0 Å². The Hall–Kier alpha value is -1.85. The van der Waals surface area contributed by atoms with Gasteiger partial charge >= 0.3 is 5.97 Å². The highest BCUT2D eigenvalue weighted by Gasteiger charge is 2.43. The number of carbonyl (C=O) groups excluding carboxylic acids is 1. The lowest BCUT2D eigenvalue weighted by molar-refractivity contribution is -0.138. The molecule has 4 aliphatic rings. The van der Waals surface area contributed by atoms with Crippen molar-refractivity contribution in [3.05, 3.63) is 46.4 Å². The van der Waals surface area contributed by atoms with Crippen LogP contribution in [0.3, 0.4) is 0 Å². The van der Waals surface area contributed by atoms with Crippen molar-refractivity contribution >= 4 is 5.97 Å². The third-order valence-electron chi connectivity index (χ3n) is 7.61. The number of aliphatic hydroxyl groups is 1. The molecule has 4 atom stereocenters. The van der Waals surface area contributed by atoms with E-state index in [0.29, 0.717) is 30.7 Å². The second-order valence-corrected chi connectivity index (χ2v) is 10.1. The average Bonchev–Trinajstić information content (AvgIpc) is 2.80. The molecule has 0 aromatic carbocycles. The first kappa shape index (κ1) is 24.3. The first-order chi connectivity index (χ1) is 16.0. The van der Waals surface area contributed by atoms with E-state index in [0.717, 1.165) is 44.6 Å². The minimum Gasteiger partial charge on any atom is -0.429 e. The summed E-state index contributed by atoms with van der Waals surface area (Å²) in [5, 5.41) is 10.6. The van der Waals surface area contributed by atoms with Crippen LogP contribution in [-0.2, 0) is 14.3 Å². The van der Waals surface area contributed by atoms with Gasteiger partial charge in [0.15, 0.2) is 0 Å². The molecule has 0 aromatic heterocycles. The Balaban J connectivity index is 1.60. The first-order valence-electron chi connectivity index (χ1n) is 13.1. The lowest BCUT2D eigenvalue weighted by atomic mass is 9.72. The summed E-state index contributed by atoms with van der Waals surface area (Å²) in [4.78, 5) is 14.3. The zero-order valence-corrected chi connectivity index (χ0v) is 20.6. The van der Waals surface area contributed by atoms with Crippen LogP contribution < -0.4 is 0 Å². The van der Waals surface area contributed by atoms with E-state index in [1.165, 1.54) is 49.3 Å². The maximum Gasteiger partial charge on any atom is 0.307 e. The van der Waals surface area contributed by atoms with Gasteiger partial charge in [0.25, 0.3) is 0 Å². The Morgan fingerprint density at radius 3 is 2.88 bits per heavy atom. The number of aliphatic hydroxyl groups excluding tert-OH is 1. The van der Waals surface area contributed by atoms with Crippen molar-refractivity contribution in [1.82, 2.24) is 4.90 Å². The molecule has 0 aromatic rings. The van der Waals surface area contributed by atoms with Crippen molar-refractivity contribution < 1.29 is 19.4 Å². The molecule has 1 fully saturated rings. The molecular formula is C28H41NO4. The van der Waals surface area contributed by atoms with Gasteiger partial charge in [-0.3, -0.25) is 4.79 Å². The molecule has 4 rings (SSSR count). The van der Waals surface area contributed by atoms with Crippen molar-refractivity contribution in [3.63, 3.8) is 0 Å². The van der Waals surface area contributed by atoms with E-state index in [4.69, 9.17) is 9.47 Å². The predicted molar refractivity (Wildman–Crippen MR) is 130 cm³/mol. The summed E-state index contributed by atoms with van der Waals surface area (Å²) in [6.45, 7) is 8.20. The topological polar surface area (TPSA) is 59.0 Å². The number of hydrogen-bond donors (Lipinski definition) is 1. The van der Waals surface area contributed by atoms with E-state index < -0.39 is 6.10 Å². The maximum absolute atomic E-state index is 11.9. The van der Waals surface area contributed by atoms with Crippen LogP contribution in [0.2, 0.25) is 0 Å². The number of esters is 1. The van der Waals surface area contributed by atoms with Gasteiger partial charge in [0.1, 0.15) is 5.76 Å². The summed E-state index contributed by atoms with van der Waals surface area (Å²) in [5.41, 5.74) is 5.34. The average molecular weight is 456 g/mol. The smallest absolute Gasteiger partial charge is 0.307 e. The van der Waals surface area contributed by atoms with Gasteiger partial charge in [0.05, 0.1) is 17.8 Å². The van der Waals surface area contributed by atoms with Gasteiger partial charge in [-0.15, -0.1) is 0 Å². The van der Waals surface area contributed by atoms with Gasteiger partial charge in [-0.05, 0) is 54.7 Å². The molecule has 1 saturated carbocycles. The third kappa shape index (κ3) is 5.46. The van der Waals surface area contributed by atoms with Gasteiger partial charge < -0.3 is 19.5 Å². The van der Waals surface area contributed by atoms with E-state index in [1.54, 1.807) is 0 Å². The quantitative estimate of drug-likeness (QED) is 0.371. The summed E-state index contributed by atoms with van der Waals surface area (Å²) >= 11 is 0. The van der Waals surface area contributed by atoms with Gasteiger partial charge in [0, 0.05) is 39.0 Å². The molecule has 0 bridgehead atoms. The lowest BCUT2D eigenvalue weighted by Gasteiger charge is -2.50. The van der Waals surface area contributed by atoms with E-state index in [1.807, 2.05) is 0 Å². The van der Waals surface area contributed by atoms with E-state index in [-0.39, 0.29) is 11.9 Å². The Bertz CT molecular complexity index is 852. The van der Waals surface area contributed by atoms with Gasteiger partial charge in [-0.25, -0.2) is 0 Å². The zero-order valence-electron chi connectivity index (χ0n) is 20.6. The molecule has 1 N–H and O–H groups in total. The Labute approximate surface area is 199 Å². The highest BCUT2D eigenvalue weighted by atomic mass is 16.5. The van der Waals surface area contributed by atoms with Crippen molar-refractivity contribution in [3.8, 4) is 0 Å². The molecular weight excluding hydrogens is 414 g/mol. The van der Waals surface area contributed by atoms with Crippen LogP contribution in [0.5, 0.6) is 0 Å². The molecule has 0 amide bonds. The van der Waals surface area contributed by atoms with Crippen molar-refractivity contribution in [2.24, 2.45) is 11.8 Å². The number of allylic oxidation sites excluding steroid dienone is 4. The summed E-state index contributed by atoms with van der Waals surface area (Å²) in [5.74, 6) is 0.856. The lowest BCUT2D eigenvalue weighted by Crippen LogP contribution is -2.50. The fourth-order valence-electron chi connectivity index (χ4n) is 5.93. The van der Waals surface area contributed by atoms with Crippen LogP contribution in [0, 0.1) is 11.8 Å². The standard InChI is InChI=1S/C28H41NO4/c1-4-5-8-14-32-15-13-19(2)21-11-12-23-24-9-6-7-10-26(24)29-18-22(31)17-27(33-20(3)30)28(29)25(23)16-21/h11-12,16,19,22,25-26,31H,4-10,13-15,17-18H2,1-3H3/t19-,22+,25?,26-/m0/s1. The molecule has 5 heteroatoms. The number of fused-ring (bicyclic) bond motifs is 5. The number of ether oxygens (including phenoxy) is 2. The molecule has 0 spiro atoms. The minimum absolute atomic E-state index is 0.101. The van der Waals surface area contributed by atoms with Crippen LogP contribution >= 0.6 is 0 Å². The molecule has 2 aliphatic carbocycles. The van der Waals surface area contributed by atoms with Gasteiger partial charge in [-0.1, -0.05) is 51.3 Å². The van der Waals surface area contributed by atoms with E-state index in [2.05, 4.69) is 37.0 Å². The number of unbranched alkanes of at least 4 members (excludes halogenated alkanes) is 2. The van der Waals surface area contributed by atoms with Crippen molar-refractivity contribution in [2.75, 3.05) is 19.8 Å². The van der Waals surface area contributed by atoms with Gasteiger partial charge in [-0.2, -0.15) is 0 Å². The predicted octanol–water partition coefficient (Wildman–Crippen LogP) is 5.43. The summed E-state index contributed by atoms with van der Waals surface area (Å²) in [7, 11) is 0. The van der Waals surface area contributed by atoms with E-state index >= 15 is 0 Å². The summed E-state index contributed by atoms with van der Waals surface area (Å²) in [6.07, 6.45) is 16.2. The van der Waals surface area contributed by atoms with Crippen molar-refractivity contribution in [2.45, 2.75) is 90.7 Å². The van der Waals surface area contributed by atoms with Crippen LogP contribution in [0.15, 0.2) is 46.4 Å². The molecule has 33 heavy (non-hydrogen) atoms. The molecule has 0 saturated heterocycles. The molecule has 5 nitrogen and oxygen atoms in total. The van der Waals surface area contributed by atoms with Gasteiger partial charge in [0.2, 0.25) is 0 Å². The number of carbonyl (C=O) groups is 1. The summed E-state index contributed by atoms with van der Waals surface area (Å²) in [6, 6.07) is 0.314. The highest BCUT2D eigenvalue weighted by molar-refractivity contribution is 5.67. The Morgan fingerprint density at radius 2 is 2.09 bits per heavy atom. The second kappa shape index (κ2) is 11.1. The third-order valence-corrected chi connectivity index (χ3v) is 7.61. The number of rotatable bonds is 9. The largest absolute Gasteiger partial charge is 0.429 e. The minimum atomic E-state index is -0.501. The van der Waals surface area contributed by atoms with E-state index in [9.17, 15) is 9.90 Å². The molecule has 1 unspecified atom stereocenters. The molecule has 2 heterocycles. The maximum atomic E-state index is 11.9. The monoisotopic (exact) mass is 455 g/mol. The Morgan fingerprint density at radius 1 is 1.24 bits per heavy atom. The van der Waals surface area contributed by atoms with Crippen molar-refractivity contribution in [1.29, 1.82) is 0 Å². The molecule has 182 valence electrons. The van der Waals surface area contributed by atoms with Crippen LogP contribution in [-0.4, -0.2) is 47.9 Å². The molecule has 0 radical (unpaired) electrons. The first-order valence-corrected chi connectivity index (χ1v) is 13.1. The normalized spacial score (nSPS) is 27.6. The highest BCUT2D eigenvalue weighted by Crippen LogP contribution is 2.48. The summed E-state index contributed by atoms with van der Waals surface area (Å²) < 4.78 is 11.6. The molecule has 2 aliphatic heterocycles. The second-order valence-electron chi connectivity index (χ2n) is 10.1. The number of nitrogens with zero attached hydrogens (tertiary/aromatic N) is 1. The van der Waals surface area contributed by atoms with Crippen LogP contribution in [0.25, 0.3) is 0 Å². The SMILES string of the molecule is CCCCCOCC[C@H](C)C1=CC2C(=C3CCCC[C@@H]3N3C[C@H](O)CC(OC(C)=O)=C23)C=C1. The fourth-order valence-corrected chi connectivity index (χ4v) is 5.93. The van der Waals surface area contributed by atoms with Crippen LogP contribution in [0.1, 0.15) is 78.6 Å².